The molecule has 1 amide bonds. The van der Waals surface area contributed by atoms with Crippen LogP contribution in [0.2, 0.25) is 0 Å². The van der Waals surface area contributed by atoms with Crippen molar-refractivity contribution in [2.45, 2.75) is 54.5 Å². The number of ether oxygens (including phenoxy) is 2. The number of nitrogens with zero attached hydrogens (tertiary/aromatic N) is 1. The first-order valence-electron chi connectivity index (χ1n) is 12.6. The molecule has 208 valence electrons. The molecule has 0 fully saturated rings. The van der Waals surface area contributed by atoms with Gasteiger partial charge in [0.2, 0.25) is 26.0 Å². The first-order chi connectivity index (χ1) is 18.2. The molecule has 2 aliphatic heterocycles. The van der Waals surface area contributed by atoms with Crippen molar-refractivity contribution >= 4 is 26.0 Å². The van der Waals surface area contributed by atoms with Gasteiger partial charge >= 0.3 is 0 Å². The molecule has 2 heterocycles. The van der Waals surface area contributed by atoms with Gasteiger partial charge < -0.3 is 19.9 Å². The van der Waals surface area contributed by atoms with E-state index in [-0.39, 0.29) is 35.9 Å². The number of carbonyl (C=O) groups is 1. The predicted molar refractivity (Wildman–Crippen MR) is 139 cm³/mol. The molecule has 2 aromatic rings. The monoisotopic (exact) mass is 567 g/mol. The van der Waals surface area contributed by atoms with Crippen LogP contribution < -0.4 is 19.5 Å². The number of sulfonamides is 2. The number of nitrogens with one attached hydrogen (secondary N) is 2. The number of benzene rings is 2. The molecule has 0 radical (unpaired) electrons. The van der Waals surface area contributed by atoms with Gasteiger partial charge in [-0.25, -0.2) is 21.6 Å². The van der Waals surface area contributed by atoms with Gasteiger partial charge in [-0.05, 0) is 43.0 Å². The molecule has 3 N–H and O–H groups in total. The molecule has 0 saturated heterocycles. The molecule has 0 spiro atoms. The molecular formula is C25H33N3O8S2. The summed E-state index contributed by atoms with van der Waals surface area (Å²) in [5.41, 5.74) is 0.477. The van der Waals surface area contributed by atoms with Gasteiger partial charge in [0.1, 0.15) is 19.3 Å². The summed E-state index contributed by atoms with van der Waals surface area (Å²) in [5.74, 6) is 0.314. The maximum Gasteiger partial charge on any atom is 0.244 e. The summed E-state index contributed by atoms with van der Waals surface area (Å²) in [6.07, 6.45) is 1.59. The molecule has 2 aromatic carbocycles. The third-order valence-corrected chi connectivity index (χ3v) is 10.1. The Labute approximate surface area is 223 Å². The summed E-state index contributed by atoms with van der Waals surface area (Å²) in [6.45, 7) is 2.33. The van der Waals surface area contributed by atoms with E-state index < -0.39 is 38.0 Å². The standard InChI is InChI=1S/C25H33N3O8S2/c1-2-28-21(14-18-15-22-23(36-13-12-35-22)16-24(18)38(28,33)34)25(30)27-19(17-29)8-6-7-11-26-37(31,32)20-9-4-3-5-10-20/h3-5,9-10,15-16,19,21,26,29H,2,6-8,11-14,17H2,1H3,(H,27,30)/t19-,21-/m0/s1. The van der Waals surface area contributed by atoms with Crippen LogP contribution in [0, 0.1) is 0 Å². The number of hydrogen-bond acceptors (Lipinski definition) is 8. The van der Waals surface area contributed by atoms with Gasteiger partial charge in [-0.2, -0.15) is 4.31 Å². The minimum absolute atomic E-state index is 0.0969. The number of amides is 1. The van der Waals surface area contributed by atoms with Crippen molar-refractivity contribution in [3.63, 3.8) is 0 Å². The fraction of sp³-hybridized carbons (Fsp3) is 0.480. The second-order valence-corrected chi connectivity index (χ2v) is 12.8. The Kier molecular flexibility index (Phi) is 8.93. The lowest BCUT2D eigenvalue weighted by Gasteiger charge is -2.35. The fourth-order valence-corrected chi connectivity index (χ4v) is 7.56. The van der Waals surface area contributed by atoms with E-state index in [2.05, 4.69) is 10.0 Å². The summed E-state index contributed by atoms with van der Waals surface area (Å²) in [6, 6.07) is 9.55. The van der Waals surface area contributed by atoms with Crippen LogP contribution >= 0.6 is 0 Å². The predicted octanol–water partition coefficient (Wildman–Crippen LogP) is 1.02. The van der Waals surface area contributed by atoms with Crippen LogP contribution in [0.3, 0.4) is 0 Å². The van der Waals surface area contributed by atoms with Crippen LogP contribution in [-0.4, -0.2) is 77.1 Å². The van der Waals surface area contributed by atoms with E-state index in [0.29, 0.717) is 49.5 Å². The van der Waals surface area contributed by atoms with Gasteiger partial charge in [0.05, 0.1) is 22.4 Å². The Balaban J connectivity index is 1.35. The molecule has 38 heavy (non-hydrogen) atoms. The van der Waals surface area contributed by atoms with E-state index in [1.165, 1.54) is 18.2 Å². The molecule has 13 heteroatoms. The fourth-order valence-electron chi connectivity index (χ4n) is 4.64. The van der Waals surface area contributed by atoms with Crippen LogP contribution in [-0.2, 0) is 31.3 Å². The van der Waals surface area contributed by atoms with E-state index in [1.54, 1.807) is 31.2 Å². The van der Waals surface area contributed by atoms with E-state index in [9.17, 15) is 26.7 Å². The second-order valence-electron chi connectivity index (χ2n) is 9.13. The summed E-state index contributed by atoms with van der Waals surface area (Å²) in [5, 5.41) is 12.6. The van der Waals surface area contributed by atoms with Crippen LogP contribution in [0.25, 0.3) is 0 Å². The van der Waals surface area contributed by atoms with E-state index >= 15 is 0 Å². The van der Waals surface area contributed by atoms with Crippen LogP contribution in [0.4, 0.5) is 0 Å². The zero-order valence-electron chi connectivity index (χ0n) is 21.1. The molecule has 2 atom stereocenters. The highest BCUT2D eigenvalue weighted by Crippen LogP contribution is 2.39. The minimum atomic E-state index is -3.96. The van der Waals surface area contributed by atoms with Crippen molar-refractivity contribution in [2.75, 3.05) is 32.9 Å². The summed E-state index contributed by atoms with van der Waals surface area (Å²) < 4.78 is 66.2. The van der Waals surface area contributed by atoms with Crippen molar-refractivity contribution in [3.8, 4) is 11.5 Å². The number of fused-ring (bicyclic) bond motifs is 2. The largest absolute Gasteiger partial charge is 0.486 e. The summed E-state index contributed by atoms with van der Waals surface area (Å²) in [7, 11) is -7.55. The van der Waals surface area contributed by atoms with Crippen molar-refractivity contribution in [1.82, 2.24) is 14.3 Å². The highest BCUT2D eigenvalue weighted by atomic mass is 32.2. The number of unbranched alkanes of at least 4 members (excludes halogenated alkanes) is 1. The maximum absolute atomic E-state index is 13.4. The SMILES string of the molecule is CCN1[C@H](C(=O)N[C@H](CO)CCCCNS(=O)(=O)c2ccccc2)Cc2cc3c(cc2S1(=O)=O)OCCO3. The second kappa shape index (κ2) is 12.0. The summed E-state index contributed by atoms with van der Waals surface area (Å²) >= 11 is 0. The molecule has 2 aliphatic rings. The lowest BCUT2D eigenvalue weighted by molar-refractivity contribution is -0.126. The Bertz CT molecular complexity index is 1350. The Hall–Kier alpha value is -2.71. The number of aliphatic hydroxyl groups excluding tert-OH is 1. The Morgan fingerprint density at radius 2 is 1.82 bits per heavy atom. The van der Waals surface area contributed by atoms with Crippen molar-refractivity contribution < 1.29 is 36.2 Å². The van der Waals surface area contributed by atoms with E-state index in [1.807, 2.05) is 0 Å². The number of rotatable bonds is 11. The third-order valence-electron chi connectivity index (χ3n) is 6.58. The average molecular weight is 568 g/mol. The van der Waals surface area contributed by atoms with E-state index in [0.717, 1.165) is 4.31 Å². The van der Waals surface area contributed by atoms with Gasteiger partial charge in [-0.3, -0.25) is 4.79 Å². The molecule has 0 saturated carbocycles. The zero-order chi connectivity index (χ0) is 27.3. The molecular weight excluding hydrogens is 534 g/mol. The van der Waals surface area contributed by atoms with Crippen molar-refractivity contribution in [3.05, 3.63) is 48.0 Å². The number of carbonyl (C=O) groups excluding carboxylic acids is 1. The summed E-state index contributed by atoms with van der Waals surface area (Å²) in [4.78, 5) is 13.5. The molecule has 0 bridgehead atoms. The third kappa shape index (κ3) is 6.12. The average Bonchev–Trinajstić information content (AvgIpc) is 2.91. The molecule has 4 rings (SSSR count). The maximum atomic E-state index is 13.4. The first-order valence-corrected chi connectivity index (χ1v) is 15.5. The lowest BCUT2D eigenvalue weighted by atomic mass is 10.0. The quantitative estimate of drug-likeness (QED) is 0.341. The smallest absolute Gasteiger partial charge is 0.244 e. The van der Waals surface area contributed by atoms with Gasteiger partial charge in [0.25, 0.3) is 0 Å². The Morgan fingerprint density at radius 3 is 2.47 bits per heavy atom. The van der Waals surface area contributed by atoms with Gasteiger partial charge in [0.15, 0.2) is 11.5 Å². The number of hydrogen-bond donors (Lipinski definition) is 3. The highest BCUT2D eigenvalue weighted by molar-refractivity contribution is 7.89. The van der Waals surface area contributed by atoms with Gasteiger partial charge in [-0.1, -0.05) is 31.5 Å². The topological polar surface area (TPSA) is 151 Å². The zero-order valence-corrected chi connectivity index (χ0v) is 22.8. The molecule has 0 aromatic heterocycles. The first kappa shape index (κ1) is 28.3. The van der Waals surface area contributed by atoms with Crippen LogP contribution in [0.15, 0.2) is 52.3 Å². The van der Waals surface area contributed by atoms with Gasteiger partial charge in [-0.15, -0.1) is 0 Å². The van der Waals surface area contributed by atoms with Crippen molar-refractivity contribution in [2.24, 2.45) is 0 Å². The van der Waals surface area contributed by atoms with Crippen molar-refractivity contribution in [1.29, 1.82) is 0 Å². The number of aliphatic hydroxyl groups is 1. The van der Waals surface area contributed by atoms with Crippen LogP contribution in [0.5, 0.6) is 11.5 Å². The lowest BCUT2D eigenvalue weighted by Crippen LogP contribution is -2.55. The minimum Gasteiger partial charge on any atom is -0.486 e. The Morgan fingerprint density at radius 1 is 1.13 bits per heavy atom. The molecule has 11 nitrogen and oxygen atoms in total. The molecule has 0 aliphatic carbocycles. The van der Waals surface area contributed by atoms with Gasteiger partial charge in [0, 0.05) is 19.2 Å². The van der Waals surface area contributed by atoms with Crippen LogP contribution in [0.1, 0.15) is 31.7 Å². The highest BCUT2D eigenvalue weighted by Gasteiger charge is 2.42. The molecule has 0 unspecified atom stereocenters. The number of likely N-dealkylation sites (N-methyl/N-ethyl adjacent to an activating group) is 1. The van der Waals surface area contributed by atoms with E-state index in [4.69, 9.17) is 9.47 Å². The normalized spacial score (nSPS) is 19.4.